The standard InChI is InChI=1S/C19H22ClFN4OS/c20-17-7-8-18(24-23-17)25-10-3-5-14(12-25)19(26)22-9-11-27-13-15-4-1-2-6-16(15)21/h1-2,4,6-8,14H,3,5,9-13H2,(H,22,26). The molecule has 144 valence electrons. The smallest absolute Gasteiger partial charge is 0.224 e. The summed E-state index contributed by atoms with van der Waals surface area (Å²) in [4.78, 5) is 14.5. The normalized spacial score (nSPS) is 17.0. The van der Waals surface area contributed by atoms with E-state index in [1.54, 1.807) is 30.0 Å². The number of amides is 1. The first-order valence-corrected chi connectivity index (χ1v) is 10.5. The van der Waals surface area contributed by atoms with E-state index >= 15 is 0 Å². The fourth-order valence-corrected chi connectivity index (χ4v) is 4.01. The molecule has 0 saturated carbocycles. The molecule has 1 atom stereocenters. The number of carbonyl (C=O) groups excluding carboxylic acids is 1. The number of benzene rings is 1. The van der Waals surface area contributed by atoms with Gasteiger partial charge in [-0.3, -0.25) is 4.79 Å². The Morgan fingerprint density at radius 1 is 1.30 bits per heavy atom. The Labute approximate surface area is 167 Å². The summed E-state index contributed by atoms with van der Waals surface area (Å²) < 4.78 is 13.6. The first-order valence-electron chi connectivity index (χ1n) is 8.96. The van der Waals surface area contributed by atoms with Crippen molar-refractivity contribution < 1.29 is 9.18 Å². The number of hydrogen-bond donors (Lipinski definition) is 1. The van der Waals surface area contributed by atoms with Crippen molar-refractivity contribution in [2.24, 2.45) is 5.92 Å². The van der Waals surface area contributed by atoms with Crippen LogP contribution >= 0.6 is 23.4 Å². The Morgan fingerprint density at radius 3 is 2.93 bits per heavy atom. The van der Waals surface area contributed by atoms with Crippen LogP contribution in [0.1, 0.15) is 18.4 Å². The van der Waals surface area contributed by atoms with Gasteiger partial charge >= 0.3 is 0 Å². The van der Waals surface area contributed by atoms with E-state index in [9.17, 15) is 9.18 Å². The van der Waals surface area contributed by atoms with Gasteiger partial charge in [-0.1, -0.05) is 29.8 Å². The topological polar surface area (TPSA) is 58.1 Å². The van der Waals surface area contributed by atoms with Crippen LogP contribution in [0.5, 0.6) is 0 Å². The van der Waals surface area contributed by atoms with Gasteiger partial charge in [0, 0.05) is 31.1 Å². The Bertz CT molecular complexity index is 762. The summed E-state index contributed by atoms with van der Waals surface area (Å²) in [6, 6.07) is 10.3. The second-order valence-electron chi connectivity index (χ2n) is 6.43. The third kappa shape index (κ3) is 5.81. The number of halogens is 2. The summed E-state index contributed by atoms with van der Waals surface area (Å²) in [6.07, 6.45) is 1.80. The number of thioether (sulfide) groups is 1. The molecule has 1 unspecified atom stereocenters. The zero-order valence-corrected chi connectivity index (χ0v) is 16.5. The summed E-state index contributed by atoms with van der Waals surface area (Å²) in [5.74, 6) is 1.92. The molecule has 8 heteroatoms. The van der Waals surface area contributed by atoms with Gasteiger partial charge in [-0.2, -0.15) is 11.8 Å². The maximum absolute atomic E-state index is 13.6. The van der Waals surface area contributed by atoms with Crippen LogP contribution in [0.4, 0.5) is 10.2 Å². The predicted octanol–water partition coefficient (Wildman–Crippen LogP) is 3.54. The van der Waals surface area contributed by atoms with E-state index in [-0.39, 0.29) is 17.6 Å². The van der Waals surface area contributed by atoms with Crippen LogP contribution in [0.2, 0.25) is 5.15 Å². The molecule has 27 heavy (non-hydrogen) atoms. The second-order valence-corrected chi connectivity index (χ2v) is 7.93. The highest BCUT2D eigenvalue weighted by atomic mass is 35.5. The van der Waals surface area contributed by atoms with E-state index in [1.165, 1.54) is 6.07 Å². The number of anilines is 1. The first kappa shape index (κ1) is 19.9. The third-order valence-corrected chi connectivity index (χ3v) is 5.70. The largest absolute Gasteiger partial charge is 0.355 e. The molecule has 1 saturated heterocycles. The molecule has 1 aromatic heterocycles. The zero-order chi connectivity index (χ0) is 19.1. The highest BCUT2D eigenvalue weighted by molar-refractivity contribution is 7.98. The monoisotopic (exact) mass is 408 g/mol. The fourth-order valence-electron chi connectivity index (χ4n) is 3.07. The average molecular weight is 409 g/mol. The maximum Gasteiger partial charge on any atom is 0.224 e. The van der Waals surface area contributed by atoms with Gasteiger partial charge in [0.2, 0.25) is 5.91 Å². The van der Waals surface area contributed by atoms with Crippen LogP contribution in [0.3, 0.4) is 0 Å². The van der Waals surface area contributed by atoms with Crippen LogP contribution in [0.25, 0.3) is 0 Å². The average Bonchev–Trinajstić information content (AvgIpc) is 2.69. The van der Waals surface area contributed by atoms with Gasteiger partial charge in [-0.05, 0) is 36.6 Å². The molecule has 2 aromatic rings. The number of carbonyl (C=O) groups is 1. The Kier molecular flexibility index (Phi) is 7.29. The number of aromatic nitrogens is 2. The van der Waals surface area contributed by atoms with Crippen molar-refractivity contribution >= 4 is 35.1 Å². The van der Waals surface area contributed by atoms with Crippen LogP contribution in [-0.4, -0.2) is 41.5 Å². The molecule has 0 aliphatic carbocycles. The SMILES string of the molecule is O=C(NCCSCc1ccccc1F)C1CCCN(c2ccc(Cl)nn2)C1. The molecule has 1 aliphatic heterocycles. The molecule has 0 radical (unpaired) electrons. The Balaban J connectivity index is 1.40. The highest BCUT2D eigenvalue weighted by Gasteiger charge is 2.26. The lowest BCUT2D eigenvalue weighted by molar-refractivity contribution is -0.125. The molecule has 1 aliphatic rings. The van der Waals surface area contributed by atoms with Crippen LogP contribution in [0, 0.1) is 11.7 Å². The van der Waals surface area contributed by atoms with Gasteiger partial charge < -0.3 is 10.2 Å². The summed E-state index contributed by atoms with van der Waals surface area (Å²) in [7, 11) is 0. The van der Waals surface area contributed by atoms with E-state index in [4.69, 9.17) is 11.6 Å². The molecule has 0 spiro atoms. The Morgan fingerprint density at radius 2 is 2.15 bits per heavy atom. The molecule has 1 N–H and O–H groups in total. The minimum atomic E-state index is -0.179. The van der Waals surface area contributed by atoms with E-state index in [0.29, 0.717) is 29.6 Å². The molecular weight excluding hydrogens is 387 g/mol. The lowest BCUT2D eigenvalue weighted by Gasteiger charge is -2.32. The number of hydrogen-bond acceptors (Lipinski definition) is 5. The zero-order valence-electron chi connectivity index (χ0n) is 14.9. The summed E-state index contributed by atoms with van der Waals surface area (Å²) >= 11 is 7.39. The maximum atomic E-state index is 13.6. The molecule has 5 nitrogen and oxygen atoms in total. The number of nitrogens with one attached hydrogen (secondary N) is 1. The number of rotatable bonds is 7. The van der Waals surface area contributed by atoms with Gasteiger partial charge in [0.1, 0.15) is 5.82 Å². The van der Waals surface area contributed by atoms with Crippen molar-refractivity contribution in [1.29, 1.82) is 0 Å². The number of piperidine rings is 1. The third-order valence-electron chi connectivity index (χ3n) is 4.50. The van der Waals surface area contributed by atoms with Gasteiger partial charge in [0.15, 0.2) is 11.0 Å². The molecule has 3 rings (SSSR count). The van der Waals surface area contributed by atoms with Gasteiger partial charge in [0.25, 0.3) is 0 Å². The van der Waals surface area contributed by atoms with E-state index in [1.807, 2.05) is 12.1 Å². The summed E-state index contributed by atoms with van der Waals surface area (Å²) in [5.41, 5.74) is 0.695. The molecule has 2 heterocycles. The van der Waals surface area contributed by atoms with Crippen molar-refractivity contribution in [1.82, 2.24) is 15.5 Å². The molecule has 1 amide bonds. The predicted molar refractivity (Wildman–Crippen MR) is 108 cm³/mol. The molecule has 0 bridgehead atoms. The minimum Gasteiger partial charge on any atom is -0.355 e. The lowest BCUT2D eigenvalue weighted by atomic mass is 9.97. The Hall–Kier alpha value is -1.86. The van der Waals surface area contributed by atoms with Crippen molar-refractivity contribution in [3.05, 3.63) is 52.9 Å². The van der Waals surface area contributed by atoms with Crippen molar-refractivity contribution in [3.63, 3.8) is 0 Å². The number of nitrogens with zero attached hydrogens (tertiary/aromatic N) is 3. The van der Waals surface area contributed by atoms with Crippen LogP contribution in [-0.2, 0) is 10.5 Å². The fraction of sp³-hybridized carbons (Fsp3) is 0.421. The second kappa shape index (κ2) is 9.90. The van der Waals surface area contributed by atoms with Gasteiger partial charge in [0.05, 0.1) is 5.92 Å². The summed E-state index contributed by atoms with van der Waals surface area (Å²) in [6.45, 7) is 2.07. The van der Waals surface area contributed by atoms with E-state index in [0.717, 1.165) is 31.0 Å². The van der Waals surface area contributed by atoms with Gasteiger partial charge in [-0.25, -0.2) is 4.39 Å². The van der Waals surface area contributed by atoms with Crippen molar-refractivity contribution in [2.75, 3.05) is 30.3 Å². The van der Waals surface area contributed by atoms with E-state index in [2.05, 4.69) is 20.4 Å². The molecule has 1 aromatic carbocycles. The lowest BCUT2D eigenvalue weighted by Crippen LogP contribution is -2.43. The van der Waals surface area contributed by atoms with Gasteiger partial charge in [-0.15, -0.1) is 10.2 Å². The van der Waals surface area contributed by atoms with Crippen molar-refractivity contribution in [3.8, 4) is 0 Å². The van der Waals surface area contributed by atoms with Crippen LogP contribution < -0.4 is 10.2 Å². The summed E-state index contributed by atoms with van der Waals surface area (Å²) in [5, 5.41) is 11.3. The van der Waals surface area contributed by atoms with Crippen molar-refractivity contribution in [2.45, 2.75) is 18.6 Å². The van der Waals surface area contributed by atoms with E-state index < -0.39 is 0 Å². The molecular formula is C19H22ClFN4OS. The first-order chi connectivity index (χ1) is 13.1. The minimum absolute atomic E-state index is 0.0622. The van der Waals surface area contributed by atoms with Crippen LogP contribution in [0.15, 0.2) is 36.4 Å². The highest BCUT2D eigenvalue weighted by Crippen LogP contribution is 2.22. The quantitative estimate of drug-likeness (QED) is 0.710. The molecule has 1 fully saturated rings.